The molecule has 98 valence electrons. The zero-order valence-electron chi connectivity index (χ0n) is 10.6. The van der Waals surface area contributed by atoms with E-state index in [-0.39, 0.29) is 5.97 Å². The first-order valence-electron chi connectivity index (χ1n) is 6.43. The second-order valence-corrected chi connectivity index (χ2v) is 4.35. The summed E-state index contributed by atoms with van der Waals surface area (Å²) < 4.78 is 10.6. The van der Waals surface area contributed by atoms with Gasteiger partial charge >= 0.3 is 5.97 Å². The summed E-state index contributed by atoms with van der Waals surface area (Å²) >= 11 is 0. The highest BCUT2D eigenvalue weighted by atomic mass is 16.5. The topological polar surface area (TPSA) is 47.6 Å². The Labute approximate surface area is 107 Å². The van der Waals surface area contributed by atoms with Crippen LogP contribution >= 0.6 is 0 Å². The summed E-state index contributed by atoms with van der Waals surface area (Å²) in [5.74, 6) is 0.413. The maximum Gasteiger partial charge on any atom is 0.338 e. The van der Waals surface area contributed by atoms with Crippen molar-refractivity contribution < 1.29 is 14.3 Å². The van der Waals surface area contributed by atoms with Crippen LogP contribution in [0.15, 0.2) is 24.3 Å². The first-order valence-corrected chi connectivity index (χ1v) is 6.43. The molecular weight excluding hydrogens is 230 g/mol. The zero-order valence-corrected chi connectivity index (χ0v) is 10.6. The average molecular weight is 249 g/mol. The predicted octanol–water partition coefficient (Wildman–Crippen LogP) is 1.99. The molecular formula is C14H19NO3. The van der Waals surface area contributed by atoms with Crippen LogP contribution in [0.25, 0.3) is 0 Å². The van der Waals surface area contributed by atoms with Gasteiger partial charge in [-0.3, -0.25) is 0 Å². The minimum Gasteiger partial charge on any atom is -0.494 e. The van der Waals surface area contributed by atoms with Crippen LogP contribution in [-0.4, -0.2) is 31.8 Å². The Bertz CT molecular complexity index is 400. The Morgan fingerprint density at radius 2 is 2.39 bits per heavy atom. The molecule has 0 saturated carbocycles. The third kappa shape index (κ3) is 3.47. The smallest absolute Gasteiger partial charge is 0.338 e. The van der Waals surface area contributed by atoms with Gasteiger partial charge in [-0.1, -0.05) is 6.07 Å². The van der Waals surface area contributed by atoms with Crippen LogP contribution in [0, 0.1) is 0 Å². The predicted molar refractivity (Wildman–Crippen MR) is 68.9 cm³/mol. The summed E-state index contributed by atoms with van der Waals surface area (Å²) in [6.45, 7) is 3.96. The Hall–Kier alpha value is -1.55. The molecule has 4 heteroatoms. The first-order chi connectivity index (χ1) is 8.79. The molecule has 4 nitrogen and oxygen atoms in total. The fraction of sp³-hybridized carbons (Fsp3) is 0.500. The largest absolute Gasteiger partial charge is 0.494 e. The van der Waals surface area contributed by atoms with Crippen LogP contribution in [0.4, 0.5) is 0 Å². The molecule has 1 unspecified atom stereocenters. The molecule has 1 aromatic carbocycles. The van der Waals surface area contributed by atoms with E-state index < -0.39 is 0 Å². The van der Waals surface area contributed by atoms with Gasteiger partial charge in [-0.25, -0.2) is 4.79 Å². The molecule has 1 saturated heterocycles. The Balaban J connectivity index is 1.89. The van der Waals surface area contributed by atoms with Crippen molar-refractivity contribution in [3.8, 4) is 5.75 Å². The molecule has 0 amide bonds. The van der Waals surface area contributed by atoms with E-state index in [1.807, 2.05) is 13.0 Å². The fourth-order valence-electron chi connectivity index (χ4n) is 2.04. The van der Waals surface area contributed by atoms with Crippen molar-refractivity contribution in [3.63, 3.8) is 0 Å². The normalized spacial score (nSPS) is 18.6. The summed E-state index contributed by atoms with van der Waals surface area (Å²) in [6, 6.07) is 7.40. The van der Waals surface area contributed by atoms with Crippen LogP contribution in [0.5, 0.6) is 5.75 Å². The maximum atomic E-state index is 11.9. The van der Waals surface area contributed by atoms with E-state index in [0.717, 1.165) is 19.4 Å². The lowest BCUT2D eigenvalue weighted by Crippen LogP contribution is -2.28. The molecule has 1 aliphatic heterocycles. The van der Waals surface area contributed by atoms with Crippen LogP contribution < -0.4 is 10.1 Å². The second kappa shape index (κ2) is 6.40. The molecule has 2 rings (SSSR count). The van der Waals surface area contributed by atoms with Gasteiger partial charge in [0, 0.05) is 6.04 Å². The van der Waals surface area contributed by atoms with E-state index in [1.165, 1.54) is 0 Å². The molecule has 0 aliphatic carbocycles. The third-order valence-electron chi connectivity index (χ3n) is 2.96. The molecule has 0 spiro atoms. The van der Waals surface area contributed by atoms with E-state index >= 15 is 0 Å². The molecule has 1 aliphatic rings. The van der Waals surface area contributed by atoms with E-state index in [1.54, 1.807) is 18.2 Å². The lowest BCUT2D eigenvalue weighted by atomic mass is 10.2. The van der Waals surface area contributed by atoms with Crippen molar-refractivity contribution in [2.24, 2.45) is 0 Å². The number of nitrogens with one attached hydrogen (secondary N) is 1. The zero-order chi connectivity index (χ0) is 12.8. The van der Waals surface area contributed by atoms with Crippen molar-refractivity contribution in [3.05, 3.63) is 29.8 Å². The van der Waals surface area contributed by atoms with Gasteiger partial charge in [-0.2, -0.15) is 0 Å². The lowest BCUT2D eigenvalue weighted by molar-refractivity contribution is 0.0472. The summed E-state index contributed by atoms with van der Waals surface area (Å²) in [5, 5.41) is 3.29. The Morgan fingerprint density at radius 3 is 3.11 bits per heavy atom. The maximum absolute atomic E-state index is 11.9. The number of carbonyl (C=O) groups is 1. The third-order valence-corrected chi connectivity index (χ3v) is 2.96. The summed E-state index contributed by atoms with van der Waals surface area (Å²) in [4.78, 5) is 11.9. The van der Waals surface area contributed by atoms with Crippen molar-refractivity contribution in [1.82, 2.24) is 5.32 Å². The van der Waals surface area contributed by atoms with Crippen LogP contribution in [0.3, 0.4) is 0 Å². The molecule has 0 bridgehead atoms. The molecule has 18 heavy (non-hydrogen) atoms. The number of hydrogen-bond acceptors (Lipinski definition) is 4. The van der Waals surface area contributed by atoms with Gasteiger partial charge in [-0.05, 0) is 44.5 Å². The van der Waals surface area contributed by atoms with Gasteiger partial charge in [0.15, 0.2) is 0 Å². The first kappa shape index (κ1) is 12.9. The molecule has 1 atom stereocenters. The number of hydrogen-bond donors (Lipinski definition) is 1. The summed E-state index contributed by atoms with van der Waals surface area (Å²) in [5.41, 5.74) is 0.541. The molecule has 0 aromatic heterocycles. The van der Waals surface area contributed by atoms with Gasteiger partial charge < -0.3 is 14.8 Å². The van der Waals surface area contributed by atoms with Crippen molar-refractivity contribution in [2.45, 2.75) is 25.8 Å². The van der Waals surface area contributed by atoms with E-state index in [2.05, 4.69) is 5.32 Å². The summed E-state index contributed by atoms with van der Waals surface area (Å²) in [6.07, 6.45) is 2.23. The van der Waals surface area contributed by atoms with Gasteiger partial charge in [-0.15, -0.1) is 0 Å². The molecule has 0 radical (unpaired) electrons. The van der Waals surface area contributed by atoms with Gasteiger partial charge in [0.2, 0.25) is 0 Å². The average Bonchev–Trinajstić information content (AvgIpc) is 2.90. The van der Waals surface area contributed by atoms with E-state index in [4.69, 9.17) is 9.47 Å². The number of ether oxygens (including phenoxy) is 2. The van der Waals surface area contributed by atoms with Gasteiger partial charge in [0.25, 0.3) is 0 Å². The minimum absolute atomic E-state index is 0.287. The number of rotatable bonds is 5. The number of esters is 1. The second-order valence-electron chi connectivity index (χ2n) is 4.35. The quantitative estimate of drug-likeness (QED) is 0.811. The summed E-state index contributed by atoms with van der Waals surface area (Å²) in [7, 11) is 0. The Morgan fingerprint density at radius 1 is 1.50 bits per heavy atom. The van der Waals surface area contributed by atoms with Crippen LogP contribution in [-0.2, 0) is 4.74 Å². The Kier molecular flexibility index (Phi) is 4.59. The molecule has 1 heterocycles. The van der Waals surface area contributed by atoms with Crippen molar-refractivity contribution in [2.75, 3.05) is 19.8 Å². The monoisotopic (exact) mass is 249 g/mol. The van der Waals surface area contributed by atoms with Crippen LogP contribution in [0.1, 0.15) is 30.1 Å². The highest BCUT2D eigenvalue weighted by Crippen LogP contribution is 2.14. The van der Waals surface area contributed by atoms with Gasteiger partial charge in [0.1, 0.15) is 12.4 Å². The van der Waals surface area contributed by atoms with E-state index in [9.17, 15) is 4.79 Å². The molecule has 1 aromatic rings. The lowest BCUT2D eigenvalue weighted by Gasteiger charge is -2.11. The highest BCUT2D eigenvalue weighted by molar-refractivity contribution is 5.89. The van der Waals surface area contributed by atoms with Crippen LogP contribution in [0.2, 0.25) is 0 Å². The standard InChI is InChI=1S/C14H19NO3/c1-2-17-13-7-3-5-11(9-13)14(16)18-10-12-6-4-8-15-12/h3,5,7,9,12,15H,2,4,6,8,10H2,1H3. The van der Waals surface area contributed by atoms with Crippen molar-refractivity contribution >= 4 is 5.97 Å². The highest BCUT2D eigenvalue weighted by Gasteiger charge is 2.16. The van der Waals surface area contributed by atoms with E-state index in [0.29, 0.717) is 30.6 Å². The minimum atomic E-state index is -0.287. The SMILES string of the molecule is CCOc1cccc(C(=O)OCC2CCCN2)c1. The fourth-order valence-corrected chi connectivity index (χ4v) is 2.04. The number of carbonyl (C=O) groups excluding carboxylic acids is 1. The van der Waals surface area contributed by atoms with Crippen molar-refractivity contribution in [1.29, 1.82) is 0 Å². The number of benzene rings is 1. The van der Waals surface area contributed by atoms with Gasteiger partial charge in [0.05, 0.1) is 12.2 Å². The molecule has 1 fully saturated rings. The molecule has 1 N–H and O–H groups in total.